The van der Waals surface area contributed by atoms with Crippen molar-refractivity contribution in [3.05, 3.63) is 57.8 Å². The van der Waals surface area contributed by atoms with E-state index in [1.807, 2.05) is 12.1 Å². The second-order valence-electron chi connectivity index (χ2n) is 6.49. The Balaban J connectivity index is 2.03. The minimum absolute atomic E-state index is 0.147. The number of ether oxygens (including phenoxy) is 2. The Labute approximate surface area is 176 Å². The van der Waals surface area contributed by atoms with Crippen LogP contribution in [0.4, 0.5) is 4.39 Å². The first-order valence-electron chi connectivity index (χ1n) is 9.75. The summed E-state index contributed by atoms with van der Waals surface area (Å²) in [5, 5.41) is 3.48. The van der Waals surface area contributed by atoms with Crippen molar-refractivity contribution in [3.63, 3.8) is 0 Å². The van der Waals surface area contributed by atoms with Gasteiger partial charge in [0.15, 0.2) is 11.5 Å². The highest BCUT2D eigenvalue weighted by Gasteiger charge is 2.15. The summed E-state index contributed by atoms with van der Waals surface area (Å²) in [5.74, 6) is 1.00. The van der Waals surface area contributed by atoms with Crippen molar-refractivity contribution in [1.82, 2.24) is 10.2 Å². The van der Waals surface area contributed by atoms with Crippen LogP contribution in [0.15, 0.2) is 40.9 Å². The van der Waals surface area contributed by atoms with Gasteiger partial charge < -0.3 is 19.7 Å². The lowest BCUT2D eigenvalue weighted by molar-refractivity contribution is 0.275. The molecular weight excluding hydrogens is 423 g/mol. The zero-order valence-electron chi connectivity index (χ0n) is 16.9. The number of rotatable bonds is 12. The van der Waals surface area contributed by atoms with Crippen molar-refractivity contribution in [2.24, 2.45) is 0 Å². The van der Waals surface area contributed by atoms with E-state index >= 15 is 0 Å². The molecule has 28 heavy (non-hydrogen) atoms. The summed E-state index contributed by atoms with van der Waals surface area (Å²) < 4.78 is 26.3. The second-order valence-corrected chi connectivity index (χ2v) is 7.35. The van der Waals surface area contributed by atoms with Crippen molar-refractivity contribution in [1.29, 1.82) is 0 Å². The van der Waals surface area contributed by atoms with Gasteiger partial charge >= 0.3 is 0 Å². The topological polar surface area (TPSA) is 33.7 Å². The van der Waals surface area contributed by atoms with E-state index in [9.17, 15) is 4.39 Å². The highest BCUT2D eigenvalue weighted by Crippen LogP contribution is 2.36. The molecule has 0 heterocycles. The molecule has 0 aliphatic carbocycles. The molecule has 2 rings (SSSR count). The van der Waals surface area contributed by atoms with E-state index in [-0.39, 0.29) is 12.4 Å². The highest BCUT2D eigenvalue weighted by atomic mass is 79.9. The van der Waals surface area contributed by atoms with Gasteiger partial charge in [-0.3, -0.25) is 0 Å². The Kier molecular flexibility index (Phi) is 9.75. The average molecular weight is 453 g/mol. The van der Waals surface area contributed by atoms with Gasteiger partial charge in [0.25, 0.3) is 0 Å². The minimum Gasteiger partial charge on any atom is -0.493 e. The van der Waals surface area contributed by atoms with Crippen molar-refractivity contribution >= 4 is 15.9 Å². The van der Waals surface area contributed by atoms with Crippen LogP contribution in [-0.2, 0) is 13.2 Å². The maximum atomic E-state index is 13.9. The first-order chi connectivity index (χ1) is 13.6. The van der Waals surface area contributed by atoms with Gasteiger partial charge in [-0.1, -0.05) is 48.0 Å². The molecule has 2 aromatic carbocycles. The molecule has 4 nitrogen and oxygen atoms in total. The quantitative estimate of drug-likeness (QED) is 0.459. The van der Waals surface area contributed by atoms with Crippen LogP contribution in [0.3, 0.4) is 0 Å². The number of nitrogens with one attached hydrogen (secondary N) is 1. The third kappa shape index (κ3) is 6.47. The van der Waals surface area contributed by atoms with Crippen molar-refractivity contribution in [2.45, 2.75) is 33.4 Å². The van der Waals surface area contributed by atoms with E-state index < -0.39 is 0 Å². The summed E-state index contributed by atoms with van der Waals surface area (Å²) in [6, 6.07) is 10.4. The fraction of sp³-hybridized carbons (Fsp3) is 0.455. The summed E-state index contributed by atoms with van der Waals surface area (Å²) in [5.41, 5.74) is 1.49. The van der Waals surface area contributed by atoms with Crippen LogP contribution in [-0.4, -0.2) is 38.2 Å². The van der Waals surface area contributed by atoms with Crippen LogP contribution in [0.5, 0.6) is 11.5 Å². The van der Waals surface area contributed by atoms with Crippen LogP contribution in [0.1, 0.15) is 31.4 Å². The molecule has 2 aromatic rings. The van der Waals surface area contributed by atoms with E-state index in [0.29, 0.717) is 23.6 Å². The van der Waals surface area contributed by atoms with Crippen LogP contribution < -0.4 is 14.8 Å². The molecule has 0 radical (unpaired) electrons. The lowest BCUT2D eigenvalue weighted by atomic mass is 10.1. The summed E-state index contributed by atoms with van der Waals surface area (Å²) in [7, 11) is 1.61. The Morgan fingerprint density at radius 2 is 1.86 bits per heavy atom. The van der Waals surface area contributed by atoms with Crippen LogP contribution >= 0.6 is 15.9 Å². The molecule has 0 saturated carbocycles. The number of hydrogen-bond donors (Lipinski definition) is 1. The molecule has 0 atom stereocenters. The monoisotopic (exact) mass is 452 g/mol. The number of methoxy groups -OCH3 is 1. The van der Waals surface area contributed by atoms with Crippen molar-refractivity contribution in [2.75, 3.05) is 33.3 Å². The Hall–Kier alpha value is -1.63. The van der Waals surface area contributed by atoms with Gasteiger partial charge in [0.05, 0.1) is 7.11 Å². The van der Waals surface area contributed by atoms with Crippen molar-refractivity contribution in [3.8, 4) is 11.5 Å². The molecule has 0 aliphatic heterocycles. The van der Waals surface area contributed by atoms with Gasteiger partial charge in [-0.15, -0.1) is 0 Å². The van der Waals surface area contributed by atoms with Gasteiger partial charge in [0.1, 0.15) is 12.4 Å². The maximum absolute atomic E-state index is 13.9. The van der Waals surface area contributed by atoms with Crippen LogP contribution in [0, 0.1) is 5.82 Å². The number of benzene rings is 2. The molecule has 0 aliphatic rings. The number of hydrogen-bond acceptors (Lipinski definition) is 4. The van der Waals surface area contributed by atoms with Gasteiger partial charge in [-0.25, -0.2) is 4.39 Å². The molecule has 0 saturated heterocycles. The summed E-state index contributed by atoms with van der Waals surface area (Å²) in [6.07, 6.45) is 1.08. The summed E-state index contributed by atoms with van der Waals surface area (Å²) in [4.78, 5) is 2.41. The number of nitrogens with zero attached hydrogens (tertiary/aromatic N) is 1. The number of halogens is 2. The average Bonchev–Trinajstić information content (AvgIpc) is 2.71. The molecular formula is C22H30BrFN2O2. The molecule has 6 heteroatoms. The Morgan fingerprint density at radius 3 is 2.54 bits per heavy atom. The van der Waals surface area contributed by atoms with Gasteiger partial charge in [0.2, 0.25) is 0 Å². The van der Waals surface area contributed by atoms with Crippen molar-refractivity contribution < 1.29 is 13.9 Å². The molecule has 0 unspecified atom stereocenters. The predicted molar refractivity (Wildman–Crippen MR) is 116 cm³/mol. The highest BCUT2D eigenvalue weighted by molar-refractivity contribution is 9.10. The van der Waals surface area contributed by atoms with Gasteiger partial charge in [0, 0.05) is 22.1 Å². The largest absolute Gasteiger partial charge is 0.493 e. The van der Waals surface area contributed by atoms with Gasteiger partial charge in [-0.05, 0) is 50.8 Å². The Bertz CT molecular complexity index is 738. The zero-order chi connectivity index (χ0) is 20.4. The lowest BCUT2D eigenvalue weighted by Crippen LogP contribution is -2.27. The van der Waals surface area contributed by atoms with E-state index in [1.54, 1.807) is 25.3 Å². The van der Waals surface area contributed by atoms with Crippen LogP contribution in [0.2, 0.25) is 0 Å². The lowest BCUT2D eigenvalue weighted by Gasteiger charge is -2.19. The van der Waals surface area contributed by atoms with Gasteiger partial charge in [-0.2, -0.15) is 0 Å². The third-order valence-electron chi connectivity index (χ3n) is 4.74. The first-order valence-corrected chi connectivity index (χ1v) is 10.5. The summed E-state index contributed by atoms with van der Waals surface area (Å²) in [6.45, 7) is 9.30. The molecule has 0 amide bonds. The van der Waals surface area contributed by atoms with E-state index in [0.717, 1.165) is 42.6 Å². The van der Waals surface area contributed by atoms with Crippen LogP contribution in [0.25, 0.3) is 0 Å². The second kappa shape index (κ2) is 12.0. The Morgan fingerprint density at radius 1 is 1.11 bits per heavy atom. The maximum Gasteiger partial charge on any atom is 0.167 e. The smallest absolute Gasteiger partial charge is 0.167 e. The van der Waals surface area contributed by atoms with E-state index in [1.165, 1.54) is 6.07 Å². The van der Waals surface area contributed by atoms with E-state index in [4.69, 9.17) is 9.47 Å². The fourth-order valence-electron chi connectivity index (χ4n) is 3.01. The summed E-state index contributed by atoms with van der Waals surface area (Å²) >= 11 is 3.61. The SMILES string of the molecule is CCN(CC)CCCNCc1c(Br)ccc(OC)c1OCc1ccccc1F. The van der Waals surface area contributed by atoms with E-state index in [2.05, 4.69) is 40.0 Å². The molecule has 0 aromatic heterocycles. The normalized spacial score (nSPS) is 11.1. The molecule has 1 N–H and O–H groups in total. The fourth-order valence-corrected chi connectivity index (χ4v) is 3.46. The standard InChI is InChI=1S/C22H30BrFN2O2/c1-4-26(5-2)14-8-13-25-15-18-19(23)11-12-21(27-3)22(18)28-16-17-9-6-7-10-20(17)24/h6-7,9-12,25H,4-5,8,13-16H2,1-3H3. The predicted octanol–water partition coefficient (Wildman–Crippen LogP) is 5.00. The third-order valence-corrected chi connectivity index (χ3v) is 5.48. The molecule has 0 bridgehead atoms. The molecule has 0 spiro atoms. The first kappa shape index (κ1) is 22.7. The molecule has 154 valence electrons. The zero-order valence-corrected chi connectivity index (χ0v) is 18.5. The molecule has 0 fully saturated rings. The minimum atomic E-state index is -0.271.